The van der Waals surface area contributed by atoms with Crippen LogP contribution in [0.25, 0.3) is 0 Å². The summed E-state index contributed by atoms with van der Waals surface area (Å²) in [6.07, 6.45) is 4.00. The zero-order valence-corrected chi connectivity index (χ0v) is 11.7. The molecule has 0 spiro atoms. The molecule has 0 bridgehead atoms. The van der Waals surface area contributed by atoms with E-state index in [1.807, 2.05) is 24.2 Å². The first-order valence-corrected chi connectivity index (χ1v) is 6.85. The average Bonchev–Trinajstić information content (AvgIpc) is 3.07. The molecule has 1 amide bonds. The van der Waals surface area contributed by atoms with Gasteiger partial charge >= 0.3 is 0 Å². The molecule has 1 atom stereocenters. The molecular formula is C14H18N4O2. The molecule has 6 nitrogen and oxygen atoms in total. The second-order valence-electron chi connectivity index (χ2n) is 5.33. The van der Waals surface area contributed by atoms with Crippen LogP contribution in [0, 0.1) is 6.92 Å². The lowest BCUT2D eigenvalue weighted by Crippen LogP contribution is -2.39. The number of aryl methyl sites for hydroxylation is 2. The van der Waals surface area contributed by atoms with Crippen LogP contribution in [0.5, 0.6) is 0 Å². The van der Waals surface area contributed by atoms with E-state index in [0.29, 0.717) is 23.9 Å². The summed E-state index contributed by atoms with van der Waals surface area (Å²) in [7, 11) is 1.91. The highest BCUT2D eigenvalue weighted by molar-refractivity contribution is 5.92. The summed E-state index contributed by atoms with van der Waals surface area (Å²) in [5.41, 5.74) is 1.45. The van der Waals surface area contributed by atoms with Gasteiger partial charge in [-0.3, -0.25) is 9.48 Å². The molecule has 1 fully saturated rings. The van der Waals surface area contributed by atoms with E-state index in [2.05, 4.69) is 10.3 Å². The molecular weight excluding hydrogens is 256 g/mol. The van der Waals surface area contributed by atoms with Crippen LogP contribution < -0.4 is 0 Å². The Labute approximate surface area is 117 Å². The molecule has 20 heavy (non-hydrogen) atoms. The Morgan fingerprint density at radius 1 is 1.50 bits per heavy atom. The number of piperidine rings is 1. The van der Waals surface area contributed by atoms with Gasteiger partial charge in [0.05, 0.1) is 5.69 Å². The standard InChI is InChI=1S/C14H18N4O2/c1-10-8-13(16-20-10)14(19)18-6-3-4-11(9-18)12-5-7-17(2)15-12/h5,7-8,11H,3-4,6,9H2,1-2H3. The van der Waals surface area contributed by atoms with Crippen molar-refractivity contribution in [1.82, 2.24) is 19.8 Å². The first-order chi connectivity index (χ1) is 9.63. The average molecular weight is 274 g/mol. The lowest BCUT2D eigenvalue weighted by molar-refractivity contribution is 0.0695. The number of hydrogen-bond donors (Lipinski definition) is 0. The molecule has 2 aromatic heterocycles. The van der Waals surface area contributed by atoms with Crippen molar-refractivity contribution in [3.05, 3.63) is 35.5 Å². The zero-order valence-electron chi connectivity index (χ0n) is 11.7. The van der Waals surface area contributed by atoms with Gasteiger partial charge in [-0.2, -0.15) is 5.10 Å². The highest BCUT2D eigenvalue weighted by Crippen LogP contribution is 2.26. The second-order valence-corrected chi connectivity index (χ2v) is 5.33. The lowest BCUT2D eigenvalue weighted by atomic mass is 9.95. The first kappa shape index (κ1) is 12.9. The molecule has 0 aromatic carbocycles. The number of hydrogen-bond acceptors (Lipinski definition) is 4. The van der Waals surface area contributed by atoms with Gasteiger partial charge in [0.15, 0.2) is 5.69 Å². The largest absolute Gasteiger partial charge is 0.361 e. The van der Waals surface area contributed by atoms with Crippen molar-refractivity contribution in [3.63, 3.8) is 0 Å². The van der Waals surface area contributed by atoms with Crippen LogP contribution in [0.2, 0.25) is 0 Å². The monoisotopic (exact) mass is 274 g/mol. The van der Waals surface area contributed by atoms with Gasteiger partial charge in [-0.15, -0.1) is 0 Å². The fourth-order valence-electron chi connectivity index (χ4n) is 2.68. The topological polar surface area (TPSA) is 64.2 Å². The third kappa shape index (κ3) is 2.45. The molecule has 1 aliphatic heterocycles. The SMILES string of the molecule is Cc1cc(C(=O)N2CCCC(c3ccn(C)n3)C2)no1. The van der Waals surface area contributed by atoms with Crippen molar-refractivity contribution in [2.24, 2.45) is 7.05 Å². The van der Waals surface area contributed by atoms with Crippen LogP contribution in [0.1, 0.15) is 40.7 Å². The molecule has 3 heterocycles. The minimum atomic E-state index is -0.0533. The summed E-state index contributed by atoms with van der Waals surface area (Å²) in [6.45, 7) is 3.26. The number of amides is 1. The van der Waals surface area contributed by atoms with Crippen LogP contribution in [0.4, 0.5) is 0 Å². The lowest BCUT2D eigenvalue weighted by Gasteiger charge is -2.31. The summed E-state index contributed by atoms with van der Waals surface area (Å²) in [4.78, 5) is 14.2. The third-order valence-corrected chi connectivity index (χ3v) is 3.71. The minimum absolute atomic E-state index is 0.0533. The number of carbonyl (C=O) groups is 1. The molecule has 6 heteroatoms. The van der Waals surface area contributed by atoms with Crippen LogP contribution >= 0.6 is 0 Å². The summed E-state index contributed by atoms with van der Waals surface area (Å²) in [5.74, 6) is 0.913. The van der Waals surface area contributed by atoms with Crippen molar-refractivity contribution < 1.29 is 9.32 Å². The summed E-state index contributed by atoms with van der Waals surface area (Å²) < 4.78 is 6.78. The Balaban J connectivity index is 1.73. The molecule has 0 N–H and O–H groups in total. The van der Waals surface area contributed by atoms with Gasteiger partial charge in [0.1, 0.15) is 5.76 Å². The van der Waals surface area contributed by atoms with E-state index in [0.717, 1.165) is 25.1 Å². The van der Waals surface area contributed by atoms with Gasteiger partial charge < -0.3 is 9.42 Å². The molecule has 1 saturated heterocycles. The first-order valence-electron chi connectivity index (χ1n) is 6.85. The molecule has 106 valence electrons. The predicted molar refractivity (Wildman–Crippen MR) is 72.3 cm³/mol. The van der Waals surface area contributed by atoms with Crippen LogP contribution in [0.3, 0.4) is 0 Å². The van der Waals surface area contributed by atoms with Crippen molar-refractivity contribution in [2.45, 2.75) is 25.7 Å². The Morgan fingerprint density at radius 2 is 2.35 bits per heavy atom. The minimum Gasteiger partial charge on any atom is -0.361 e. The fraction of sp³-hybridized carbons (Fsp3) is 0.500. The molecule has 0 saturated carbocycles. The van der Waals surface area contributed by atoms with Gasteiger partial charge in [-0.1, -0.05) is 5.16 Å². The quantitative estimate of drug-likeness (QED) is 0.836. The summed E-state index contributed by atoms with van der Waals surface area (Å²) >= 11 is 0. The van der Waals surface area contributed by atoms with Crippen LogP contribution in [0.15, 0.2) is 22.9 Å². The second kappa shape index (κ2) is 5.11. The van der Waals surface area contributed by atoms with Crippen LogP contribution in [-0.2, 0) is 7.05 Å². The Kier molecular flexibility index (Phi) is 3.30. The Hall–Kier alpha value is -2.11. The maximum absolute atomic E-state index is 12.4. The van der Waals surface area contributed by atoms with Crippen molar-refractivity contribution >= 4 is 5.91 Å². The Morgan fingerprint density at radius 3 is 3.00 bits per heavy atom. The number of nitrogens with zero attached hydrogens (tertiary/aromatic N) is 4. The molecule has 2 aromatic rings. The van der Waals surface area contributed by atoms with E-state index in [1.165, 1.54) is 0 Å². The van der Waals surface area contributed by atoms with Gasteiger partial charge in [-0.05, 0) is 25.8 Å². The van der Waals surface area contributed by atoms with Gasteiger partial charge in [-0.25, -0.2) is 0 Å². The molecule has 1 aliphatic rings. The van der Waals surface area contributed by atoms with E-state index in [-0.39, 0.29) is 5.91 Å². The smallest absolute Gasteiger partial charge is 0.276 e. The van der Waals surface area contributed by atoms with Crippen molar-refractivity contribution in [1.29, 1.82) is 0 Å². The third-order valence-electron chi connectivity index (χ3n) is 3.71. The highest BCUT2D eigenvalue weighted by atomic mass is 16.5. The van der Waals surface area contributed by atoms with E-state index in [1.54, 1.807) is 17.7 Å². The molecule has 0 aliphatic carbocycles. The van der Waals surface area contributed by atoms with E-state index in [9.17, 15) is 4.79 Å². The number of likely N-dealkylation sites (tertiary alicyclic amines) is 1. The fourth-order valence-corrected chi connectivity index (χ4v) is 2.68. The maximum Gasteiger partial charge on any atom is 0.276 e. The zero-order chi connectivity index (χ0) is 14.1. The number of carbonyl (C=O) groups excluding carboxylic acids is 1. The predicted octanol–water partition coefficient (Wildman–Crippen LogP) is 1.74. The molecule has 1 unspecified atom stereocenters. The normalized spacial score (nSPS) is 19.3. The van der Waals surface area contributed by atoms with Crippen molar-refractivity contribution in [2.75, 3.05) is 13.1 Å². The number of rotatable bonds is 2. The van der Waals surface area contributed by atoms with Gasteiger partial charge in [0.25, 0.3) is 5.91 Å². The number of aromatic nitrogens is 3. The van der Waals surface area contributed by atoms with E-state index in [4.69, 9.17) is 4.52 Å². The highest BCUT2D eigenvalue weighted by Gasteiger charge is 2.28. The molecule has 3 rings (SSSR count). The van der Waals surface area contributed by atoms with Gasteiger partial charge in [0, 0.05) is 38.3 Å². The Bertz CT molecular complexity index is 616. The van der Waals surface area contributed by atoms with Gasteiger partial charge in [0.2, 0.25) is 0 Å². The summed E-state index contributed by atoms with van der Waals surface area (Å²) in [5, 5.41) is 8.26. The summed E-state index contributed by atoms with van der Waals surface area (Å²) in [6, 6.07) is 3.71. The van der Waals surface area contributed by atoms with Crippen molar-refractivity contribution in [3.8, 4) is 0 Å². The van der Waals surface area contributed by atoms with E-state index < -0.39 is 0 Å². The van der Waals surface area contributed by atoms with E-state index >= 15 is 0 Å². The maximum atomic E-state index is 12.4. The van der Waals surface area contributed by atoms with Crippen LogP contribution in [-0.4, -0.2) is 38.8 Å². The molecule has 0 radical (unpaired) electrons.